The van der Waals surface area contributed by atoms with Crippen molar-refractivity contribution >= 4 is 16.9 Å². The van der Waals surface area contributed by atoms with Crippen LogP contribution >= 0.6 is 0 Å². The summed E-state index contributed by atoms with van der Waals surface area (Å²) >= 11 is 0. The summed E-state index contributed by atoms with van der Waals surface area (Å²) in [4.78, 5) is 21.0. The van der Waals surface area contributed by atoms with Crippen molar-refractivity contribution in [3.63, 3.8) is 0 Å². The number of anilines is 1. The van der Waals surface area contributed by atoms with Gasteiger partial charge in [0.1, 0.15) is 0 Å². The Labute approximate surface area is 126 Å². The third kappa shape index (κ3) is 2.15. The average Bonchev–Trinajstić information content (AvgIpc) is 2.91. The van der Waals surface area contributed by atoms with Gasteiger partial charge in [0.05, 0.1) is 22.5 Å². The Morgan fingerprint density at radius 3 is 3.09 bits per heavy atom. The molecule has 0 atom stereocenters. The molecule has 0 amide bonds. The maximum absolute atomic E-state index is 12.0. The smallest absolute Gasteiger partial charge is 0.257 e. The van der Waals surface area contributed by atoms with Gasteiger partial charge in [-0.25, -0.2) is 4.98 Å². The number of hydrogen-bond acceptors (Lipinski definition) is 5. The predicted molar refractivity (Wildman–Crippen MR) is 83.2 cm³/mol. The van der Waals surface area contributed by atoms with Gasteiger partial charge in [0.2, 0.25) is 5.95 Å². The number of aromatic nitrogens is 4. The zero-order valence-electron chi connectivity index (χ0n) is 12.0. The lowest BCUT2D eigenvalue weighted by Gasteiger charge is -2.27. The Balaban J connectivity index is 1.62. The fraction of sp³-hybridized carbons (Fsp3) is 0.267. The summed E-state index contributed by atoms with van der Waals surface area (Å²) in [6, 6.07) is 8.02. The van der Waals surface area contributed by atoms with Crippen LogP contribution in [0.5, 0.6) is 0 Å². The lowest BCUT2D eigenvalue weighted by atomic mass is 10.1. The molecular weight excluding hydrogens is 280 g/mol. The second-order valence-corrected chi connectivity index (χ2v) is 5.56. The van der Waals surface area contributed by atoms with Crippen LogP contribution in [0.3, 0.4) is 0 Å². The summed E-state index contributed by atoms with van der Waals surface area (Å²) in [7, 11) is 0. The maximum Gasteiger partial charge on any atom is 0.257 e. The van der Waals surface area contributed by atoms with E-state index in [1.54, 1.807) is 0 Å². The first-order valence-electron chi connectivity index (χ1n) is 7.22. The van der Waals surface area contributed by atoms with E-state index < -0.39 is 0 Å². The molecule has 0 unspecified atom stereocenters. The molecule has 0 radical (unpaired) electrons. The van der Waals surface area contributed by atoms with Gasteiger partial charge in [0, 0.05) is 31.4 Å². The second-order valence-electron chi connectivity index (χ2n) is 5.56. The van der Waals surface area contributed by atoms with Gasteiger partial charge in [-0.2, -0.15) is 5.10 Å². The van der Waals surface area contributed by atoms with Gasteiger partial charge in [-0.1, -0.05) is 18.2 Å². The molecule has 0 spiro atoms. The molecular formula is C15H16N6O. The van der Waals surface area contributed by atoms with Gasteiger partial charge in [-0.15, -0.1) is 0 Å². The Bertz CT molecular complexity index is 896. The number of nitrogens with two attached hydrogens (primary N) is 1. The second kappa shape index (κ2) is 4.96. The lowest BCUT2D eigenvalue weighted by Crippen LogP contribution is -2.35. The summed E-state index contributed by atoms with van der Waals surface area (Å²) in [5, 5.41) is 8.53. The largest absolute Gasteiger partial charge is 0.369 e. The van der Waals surface area contributed by atoms with Crippen LogP contribution in [0, 0.1) is 0 Å². The highest BCUT2D eigenvalue weighted by Gasteiger charge is 2.21. The van der Waals surface area contributed by atoms with E-state index >= 15 is 0 Å². The van der Waals surface area contributed by atoms with Gasteiger partial charge in [-0.3, -0.25) is 19.8 Å². The number of para-hydroxylation sites is 1. The van der Waals surface area contributed by atoms with Crippen molar-refractivity contribution < 1.29 is 0 Å². The van der Waals surface area contributed by atoms with E-state index in [1.165, 1.54) is 0 Å². The highest BCUT2D eigenvalue weighted by molar-refractivity contribution is 5.81. The number of nitrogens with one attached hydrogen (secondary N) is 2. The molecule has 0 saturated carbocycles. The van der Waals surface area contributed by atoms with Crippen molar-refractivity contribution in [1.29, 1.82) is 0 Å². The van der Waals surface area contributed by atoms with Crippen molar-refractivity contribution in [1.82, 2.24) is 25.1 Å². The number of fused-ring (bicyclic) bond motifs is 2. The molecule has 0 bridgehead atoms. The topological polar surface area (TPSA) is 104 Å². The minimum absolute atomic E-state index is 0.137. The predicted octanol–water partition coefficient (Wildman–Crippen LogP) is 0.787. The van der Waals surface area contributed by atoms with E-state index in [2.05, 4.69) is 31.1 Å². The van der Waals surface area contributed by atoms with Crippen LogP contribution in [-0.2, 0) is 19.5 Å². The fourth-order valence-electron chi connectivity index (χ4n) is 2.99. The van der Waals surface area contributed by atoms with Gasteiger partial charge in [0.15, 0.2) is 0 Å². The van der Waals surface area contributed by atoms with Gasteiger partial charge < -0.3 is 5.73 Å². The van der Waals surface area contributed by atoms with Crippen LogP contribution in [-0.4, -0.2) is 31.6 Å². The van der Waals surface area contributed by atoms with Crippen LogP contribution in [0.2, 0.25) is 0 Å². The van der Waals surface area contributed by atoms with Gasteiger partial charge in [-0.05, 0) is 6.07 Å². The highest BCUT2D eigenvalue weighted by Crippen LogP contribution is 2.20. The lowest BCUT2D eigenvalue weighted by molar-refractivity contribution is 0.240. The molecule has 1 aliphatic heterocycles. The maximum atomic E-state index is 12.0. The number of hydrogen-bond donors (Lipinski definition) is 3. The first-order chi connectivity index (χ1) is 10.7. The molecule has 0 aliphatic carbocycles. The SMILES string of the molecule is Nc1nc2c(c(=O)[nH]1)CN(Cc1[nH]nc3ccccc13)CC2. The molecule has 7 nitrogen and oxygen atoms in total. The van der Waals surface area contributed by atoms with E-state index in [0.29, 0.717) is 12.1 Å². The molecule has 2 aromatic heterocycles. The monoisotopic (exact) mass is 296 g/mol. The van der Waals surface area contributed by atoms with Crippen LogP contribution < -0.4 is 11.3 Å². The molecule has 0 saturated heterocycles. The van der Waals surface area contributed by atoms with Gasteiger partial charge >= 0.3 is 0 Å². The average molecular weight is 296 g/mol. The van der Waals surface area contributed by atoms with E-state index in [-0.39, 0.29) is 11.5 Å². The molecule has 4 rings (SSSR count). The first-order valence-corrected chi connectivity index (χ1v) is 7.22. The van der Waals surface area contributed by atoms with Crippen LogP contribution in [0.25, 0.3) is 10.9 Å². The third-order valence-electron chi connectivity index (χ3n) is 4.09. The van der Waals surface area contributed by atoms with Crippen molar-refractivity contribution in [2.75, 3.05) is 12.3 Å². The molecule has 0 fully saturated rings. The number of nitrogen functional groups attached to an aromatic ring is 1. The van der Waals surface area contributed by atoms with Crippen molar-refractivity contribution in [2.45, 2.75) is 19.5 Å². The summed E-state index contributed by atoms with van der Waals surface area (Å²) in [5.74, 6) is 0.191. The molecule has 1 aromatic carbocycles. The number of rotatable bonds is 2. The summed E-state index contributed by atoms with van der Waals surface area (Å²) in [6.45, 7) is 2.14. The van der Waals surface area contributed by atoms with Crippen LogP contribution in [0.4, 0.5) is 5.95 Å². The zero-order chi connectivity index (χ0) is 15.1. The minimum Gasteiger partial charge on any atom is -0.369 e. The summed E-state index contributed by atoms with van der Waals surface area (Å²) in [6.07, 6.45) is 0.732. The van der Waals surface area contributed by atoms with Crippen molar-refractivity contribution in [3.05, 3.63) is 51.6 Å². The molecule has 3 aromatic rings. The highest BCUT2D eigenvalue weighted by atomic mass is 16.1. The number of aromatic amines is 2. The Morgan fingerprint density at radius 1 is 1.32 bits per heavy atom. The fourth-order valence-corrected chi connectivity index (χ4v) is 2.99. The number of H-pyrrole nitrogens is 2. The van der Waals surface area contributed by atoms with E-state index in [9.17, 15) is 4.79 Å². The van der Waals surface area contributed by atoms with Crippen LogP contribution in [0.1, 0.15) is 17.0 Å². The molecule has 7 heteroatoms. The van der Waals surface area contributed by atoms with Crippen LogP contribution in [0.15, 0.2) is 29.1 Å². The summed E-state index contributed by atoms with van der Waals surface area (Å²) < 4.78 is 0. The normalized spacial score (nSPS) is 15.1. The van der Waals surface area contributed by atoms with E-state index in [0.717, 1.165) is 41.8 Å². The molecule has 1 aliphatic rings. The quantitative estimate of drug-likeness (QED) is 0.648. The minimum atomic E-state index is -0.137. The Hall–Kier alpha value is -2.67. The van der Waals surface area contributed by atoms with E-state index in [1.807, 2.05) is 18.2 Å². The Morgan fingerprint density at radius 2 is 2.18 bits per heavy atom. The molecule has 4 N–H and O–H groups in total. The molecule has 112 valence electrons. The first kappa shape index (κ1) is 13.0. The third-order valence-corrected chi connectivity index (χ3v) is 4.09. The van der Waals surface area contributed by atoms with Gasteiger partial charge in [0.25, 0.3) is 5.56 Å². The molecule has 3 heterocycles. The standard InChI is InChI=1S/C15H16N6O/c16-15-17-11-5-6-21(7-10(11)14(22)18-15)8-13-9-3-1-2-4-12(9)19-20-13/h1-4H,5-8H2,(H,19,20)(H3,16,17,18,22). The number of benzene rings is 1. The Kier molecular flexibility index (Phi) is 2.93. The van der Waals surface area contributed by atoms with Crippen molar-refractivity contribution in [3.8, 4) is 0 Å². The van der Waals surface area contributed by atoms with Crippen molar-refractivity contribution in [2.24, 2.45) is 0 Å². The van der Waals surface area contributed by atoms with E-state index in [4.69, 9.17) is 5.73 Å². The zero-order valence-corrected chi connectivity index (χ0v) is 12.0. The molecule has 22 heavy (non-hydrogen) atoms. The summed E-state index contributed by atoms with van der Waals surface area (Å²) in [5.41, 5.74) is 9.01. The number of nitrogens with zero attached hydrogens (tertiary/aromatic N) is 3.